The maximum absolute atomic E-state index is 13.2. The molecule has 5 aromatic rings. The van der Waals surface area contributed by atoms with E-state index in [2.05, 4.69) is 10.1 Å². The van der Waals surface area contributed by atoms with Gasteiger partial charge < -0.3 is 4.52 Å². The van der Waals surface area contributed by atoms with Crippen LogP contribution in [0.15, 0.2) is 89.6 Å². The zero-order valence-corrected chi connectivity index (χ0v) is 14.7. The SMILES string of the molecule is Fc1ccc(-c2onc3ccc(-c4ccnc(-c5ccccc5)n4)cc23)cc1. The van der Waals surface area contributed by atoms with Crippen LogP contribution >= 0.6 is 0 Å². The second kappa shape index (κ2) is 6.70. The number of benzene rings is 3. The molecule has 0 fully saturated rings. The average molecular weight is 367 g/mol. The summed E-state index contributed by atoms with van der Waals surface area (Å²) < 4.78 is 18.8. The van der Waals surface area contributed by atoms with Crippen LogP contribution in [0.5, 0.6) is 0 Å². The highest BCUT2D eigenvalue weighted by atomic mass is 19.1. The number of aromatic nitrogens is 3. The van der Waals surface area contributed by atoms with Gasteiger partial charge in [0.05, 0.1) is 11.1 Å². The summed E-state index contributed by atoms with van der Waals surface area (Å²) in [6.45, 7) is 0. The molecule has 0 radical (unpaired) electrons. The van der Waals surface area contributed by atoms with Crippen molar-refractivity contribution >= 4 is 10.9 Å². The van der Waals surface area contributed by atoms with Gasteiger partial charge in [0.25, 0.3) is 0 Å². The van der Waals surface area contributed by atoms with Gasteiger partial charge in [0.1, 0.15) is 11.3 Å². The molecule has 0 atom stereocenters. The summed E-state index contributed by atoms with van der Waals surface area (Å²) in [7, 11) is 0. The number of fused-ring (bicyclic) bond motifs is 1. The summed E-state index contributed by atoms with van der Waals surface area (Å²) in [6.07, 6.45) is 1.75. The van der Waals surface area contributed by atoms with Gasteiger partial charge in [-0.1, -0.05) is 41.6 Å². The molecule has 0 unspecified atom stereocenters. The minimum Gasteiger partial charge on any atom is -0.355 e. The monoisotopic (exact) mass is 367 g/mol. The Morgan fingerprint density at radius 3 is 2.36 bits per heavy atom. The van der Waals surface area contributed by atoms with Gasteiger partial charge in [-0.15, -0.1) is 0 Å². The van der Waals surface area contributed by atoms with E-state index in [0.717, 1.165) is 33.3 Å². The maximum atomic E-state index is 13.2. The fourth-order valence-corrected chi connectivity index (χ4v) is 3.16. The fourth-order valence-electron chi connectivity index (χ4n) is 3.16. The summed E-state index contributed by atoms with van der Waals surface area (Å²) in [4.78, 5) is 9.09. The number of nitrogens with zero attached hydrogens (tertiary/aromatic N) is 3. The van der Waals surface area contributed by atoms with Gasteiger partial charge in [-0.25, -0.2) is 14.4 Å². The quantitative estimate of drug-likeness (QED) is 0.407. The molecular weight excluding hydrogens is 353 g/mol. The molecule has 5 rings (SSSR count). The molecule has 0 saturated heterocycles. The molecule has 3 aromatic carbocycles. The lowest BCUT2D eigenvalue weighted by molar-refractivity contribution is 0.441. The van der Waals surface area contributed by atoms with Gasteiger partial charge in [0, 0.05) is 22.9 Å². The van der Waals surface area contributed by atoms with Crippen LogP contribution in [0.3, 0.4) is 0 Å². The molecule has 0 bridgehead atoms. The van der Waals surface area contributed by atoms with E-state index in [4.69, 9.17) is 9.51 Å². The van der Waals surface area contributed by atoms with Crippen LogP contribution in [-0.4, -0.2) is 15.1 Å². The van der Waals surface area contributed by atoms with Crippen molar-refractivity contribution in [3.8, 4) is 34.0 Å². The molecule has 4 nitrogen and oxygen atoms in total. The molecule has 0 aliphatic rings. The third kappa shape index (κ3) is 2.93. The molecule has 0 amide bonds. The first-order valence-corrected chi connectivity index (χ1v) is 8.82. The molecule has 0 aliphatic heterocycles. The Kier molecular flexibility index (Phi) is 3.91. The van der Waals surface area contributed by atoms with Crippen LogP contribution in [0.1, 0.15) is 0 Å². The molecule has 0 spiro atoms. The van der Waals surface area contributed by atoms with Crippen LogP contribution in [0.4, 0.5) is 4.39 Å². The predicted octanol–water partition coefficient (Wildman–Crippen LogP) is 5.76. The second-order valence-electron chi connectivity index (χ2n) is 6.38. The maximum Gasteiger partial charge on any atom is 0.174 e. The fraction of sp³-hybridized carbons (Fsp3) is 0. The van der Waals surface area contributed by atoms with Crippen molar-refractivity contribution in [2.24, 2.45) is 0 Å². The Balaban J connectivity index is 1.61. The molecule has 2 aromatic heterocycles. The smallest absolute Gasteiger partial charge is 0.174 e. The van der Waals surface area contributed by atoms with Gasteiger partial charge in [0.15, 0.2) is 11.6 Å². The van der Waals surface area contributed by atoms with Crippen molar-refractivity contribution in [1.29, 1.82) is 0 Å². The third-order valence-electron chi connectivity index (χ3n) is 4.57. The van der Waals surface area contributed by atoms with Gasteiger partial charge in [-0.2, -0.15) is 0 Å². The first-order chi connectivity index (χ1) is 13.8. The molecule has 0 N–H and O–H groups in total. The van der Waals surface area contributed by atoms with Crippen LogP contribution in [0.2, 0.25) is 0 Å². The van der Waals surface area contributed by atoms with E-state index in [9.17, 15) is 4.39 Å². The average Bonchev–Trinajstić information content (AvgIpc) is 3.18. The zero-order valence-electron chi connectivity index (χ0n) is 14.7. The molecule has 0 saturated carbocycles. The van der Waals surface area contributed by atoms with Crippen molar-refractivity contribution in [1.82, 2.24) is 15.1 Å². The Hall–Kier alpha value is -3.86. The minimum atomic E-state index is -0.289. The lowest BCUT2D eigenvalue weighted by Gasteiger charge is -2.05. The first-order valence-electron chi connectivity index (χ1n) is 8.82. The zero-order chi connectivity index (χ0) is 18.9. The van der Waals surface area contributed by atoms with Gasteiger partial charge >= 0.3 is 0 Å². The Morgan fingerprint density at radius 1 is 0.750 bits per heavy atom. The van der Waals surface area contributed by atoms with E-state index in [1.807, 2.05) is 54.6 Å². The number of rotatable bonds is 3. The second-order valence-corrected chi connectivity index (χ2v) is 6.38. The summed E-state index contributed by atoms with van der Waals surface area (Å²) in [6, 6.07) is 23.7. The Bertz CT molecular complexity index is 1260. The summed E-state index contributed by atoms with van der Waals surface area (Å²) in [5.74, 6) is 0.985. The van der Waals surface area contributed by atoms with Gasteiger partial charge in [-0.05, 0) is 42.5 Å². The van der Waals surface area contributed by atoms with E-state index >= 15 is 0 Å². The molecule has 5 heteroatoms. The predicted molar refractivity (Wildman–Crippen MR) is 106 cm³/mol. The highest BCUT2D eigenvalue weighted by Crippen LogP contribution is 2.32. The van der Waals surface area contributed by atoms with E-state index in [0.29, 0.717) is 11.6 Å². The summed E-state index contributed by atoms with van der Waals surface area (Å²) >= 11 is 0. The number of hydrogen-bond acceptors (Lipinski definition) is 4. The molecule has 0 aliphatic carbocycles. The highest BCUT2D eigenvalue weighted by molar-refractivity contribution is 5.94. The normalized spacial score (nSPS) is 11.0. The first kappa shape index (κ1) is 16.3. The van der Waals surface area contributed by atoms with E-state index < -0.39 is 0 Å². The molecule has 134 valence electrons. The Labute approximate surface area is 160 Å². The van der Waals surface area contributed by atoms with Crippen LogP contribution < -0.4 is 0 Å². The third-order valence-corrected chi connectivity index (χ3v) is 4.57. The topological polar surface area (TPSA) is 51.8 Å². The van der Waals surface area contributed by atoms with Crippen LogP contribution in [0.25, 0.3) is 44.9 Å². The van der Waals surface area contributed by atoms with Crippen LogP contribution in [0, 0.1) is 5.82 Å². The van der Waals surface area contributed by atoms with Crippen molar-refractivity contribution in [3.05, 3.63) is 90.9 Å². The largest absolute Gasteiger partial charge is 0.355 e. The standard InChI is InChI=1S/C23H14FN3O/c24-18-9-6-15(7-10-18)22-19-14-17(8-11-21(19)27-28-22)20-12-13-25-23(26-20)16-4-2-1-3-5-16/h1-14H. The van der Waals surface area contributed by atoms with Gasteiger partial charge in [-0.3, -0.25) is 0 Å². The minimum absolute atomic E-state index is 0.289. The number of hydrogen-bond donors (Lipinski definition) is 0. The van der Waals surface area contributed by atoms with Gasteiger partial charge in [0.2, 0.25) is 0 Å². The van der Waals surface area contributed by atoms with Crippen molar-refractivity contribution in [2.75, 3.05) is 0 Å². The van der Waals surface area contributed by atoms with Crippen LogP contribution in [-0.2, 0) is 0 Å². The lowest BCUT2D eigenvalue weighted by Crippen LogP contribution is -1.91. The Morgan fingerprint density at radius 2 is 1.54 bits per heavy atom. The summed E-state index contributed by atoms with van der Waals surface area (Å²) in [5, 5.41) is 4.97. The number of halogens is 1. The molecule has 2 heterocycles. The summed E-state index contributed by atoms with van der Waals surface area (Å²) in [5.41, 5.74) is 4.21. The van der Waals surface area contributed by atoms with E-state index in [-0.39, 0.29) is 5.82 Å². The lowest BCUT2D eigenvalue weighted by atomic mass is 10.0. The molecule has 28 heavy (non-hydrogen) atoms. The molecular formula is C23H14FN3O. The van der Waals surface area contributed by atoms with E-state index in [1.165, 1.54) is 12.1 Å². The van der Waals surface area contributed by atoms with Crippen molar-refractivity contribution in [2.45, 2.75) is 0 Å². The van der Waals surface area contributed by atoms with Crippen molar-refractivity contribution < 1.29 is 8.91 Å². The van der Waals surface area contributed by atoms with E-state index in [1.54, 1.807) is 18.3 Å². The highest BCUT2D eigenvalue weighted by Gasteiger charge is 2.13. The van der Waals surface area contributed by atoms with Crippen molar-refractivity contribution in [3.63, 3.8) is 0 Å².